The van der Waals surface area contributed by atoms with Crippen molar-refractivity contribution < 1.29 is 0 Å². The van der Waals surface area contributed by atoms with Crippen molar-refractivity contribution >= 4 is 5.69 Å². The van der Waals surface area contributed by atoms with E-state index in [-0.39, 0.29) is 0 Å². The van der Waals surface area contributed by atoms with Crippen LogP contribution in [0.25, 0.3) is 0 Å². The van der Waals surface area contributed by atoms with E-state index in [0.717, 1.165) is 22.5 Å². The summed E-state index contributed by atoms with van der Waals surface area (Å²) in [4.78, 5) is 0. The minimum atomic E-state index is 0.867. The Kier molecular flexibility index (Phi) is 5.46. The van der Waals surface area contributed by atoms with Crippen molar-refractivity contribution in [2.45, 2.75) is 6.92 Å². The van der Waals surface area contributed by atoms with Gasteiger partial charge in [0.1, 0.15) is 0 Å². The average Bonchev–Trinajstić information content (AvgIpc) is 2.43. The van der Waals surface area contributed by atoms with Crippen LogP contribution in [-0.2, 0) is 0 Å². The third kappa shape index (κ3) is 3.63. The van der Waals surface area contributed by atoms with Gasteiger partial charge in [-0.05, 0) is 30.7 Å². The summed E-state index contributed by atoms with van der Waals surface area (Å²) in [5.74, 6) is 0. The summed E-state index contributed by atoms with van der Waals surface area (Å²) < 4.78 is 0. The van der Waals surface area contributed by atoms with Gasteiger partial charge in [0.25, 0.3) is 0 Å². The molecule has 0 spiro atoms. The molecule has 1 rings (SSSR count). The maximum atomic E-state index is 3.99. The summed E-state index contributed by atoms with van der Waals surface area (Å²) in [5, 5.41) is 3.33. The predicted octanol–water partition coefficient (Wildman–Crippen LogP) is 4.86. The lowest BCUT2D eigenvalue weighted by Gasteiger charge is -2.12. The number of para-hydroxylation sites is 1. The molecule has 0 atom stereocenters. The zero-order valence-corrected chi connectivity index (χ0v) is 10.8. The van der Waals surface area contributed by atoms with Crippen LogP contribution in [0.4, 0.5) is 5.69 Å². The third-order valence-corrected chi connectivity index (χ3v) is 2.47. The van der Waals surface area contributed by atoms with E-state index in [2.05, 4.69) is 25.1 Å². The Bertz CT molecular complexity index is 490. The number of allylic oxidation sites excluding steroid dienone is 6. The molecule has 0 radical (unpaired) electrons. The Labute approximate surface area is 110 Å². The summed E-state index contributed by atoms with van der Waals surface area (Å²) in [6.07, 6.45) is 7.50. The Hall–Kier alpha value is -2.28. The molecule has 1 aromatic carbocycles. The summed E-state index contributed by atoms with van der Waals surface area (Å²) in [5.41, 5.74) is 3.80. The van der Waals surface area contributed by atoms with E-state index in [9.17, 15) is 0 Å². The first kappa shape index (κ1) is 13.8. The maximum absolute atomic E-state index is 3.99. The summed E-state index contributed by atoms with van der Waals surface area (Å²) in [7, 11) is 0. The standard InChI is InChI=1S/C17H19N/c1-5-11-16(14(4)6-2)17(7-3)18-15-12-9-8-10-13-15/h5-13,18H,2-4H2,1H3/b11-5-,17-16+. The van der Waals surface area contributed by atoms with Crippen molar-refractivity contribution in [3.05, 3.63) is 91.2 Å². The van der Waals surface area contributed by atoms with Gasteiger partial charge < -0.3 is 5.32 Å². The quantitative estimate of drug-likeness (QED) is 0.697. The van der Waals surface area contributed by atoms with Crippen molar-refractivity contribution in [2.75, 3.05) is 5.32 Å². The summed E-state index contributed by atoms with van der Waals surface area (Å²) in [6.45, 7) is 13.6. The van der Waals surface area contributed by atoms with E-state index in [4.69, 9.17) is 0 Å². The van der Waals surface area contributed by atoms with Crippen LogP contribution >= 0.6 is 0 Å². The van der Waals surface area contributed by atoms with Crippen molar-refractivity contribution in [1.82, 2.24) is 0 Å². The van der Waals surface area contributed by atoms with Gasteiger partial charge in [-0.3, -0.25) is 0 Å². The molecule has 0 aliphatic heterocycles. The largest absolute Gasteiger partial charge is 0.355 e. The fourth-order valence-electron chi connectivity index (χ4n) is 1.55. The second kappa shape index (κ2) is 7.13. The van der Waals surface area contributed by atoms with Gasteiger partial charge in [0.15, 0.2) is 0 Å². The lowest BCUT2D eigenvalue weighted by atomic mass is 10.0. The molecule has 0 aromatic heterocycles. The highest BCUT2D eigenvalue weighted by Crippen LogP contribution is 2.19. The lowest BCUT2D eigenvalue weighted by Crippen LogP contribution is -2.01. The van der Waals surface area contributed by atoms with Gasteiger partial charge in [-0.1, -0.05) is 56.2 Å². The Balaban J connectivity index is 3.14. The molecule has 1 aromatic rings. The summed E-state index contributed by atoms with van der Waals surface area (Å²) in [6, 6.07) is 9.97. The van der Waals surface area contributed by atoms with Gasteiger partial charge in [0.05, 0.1) is 0 Å². The predicted molar refractivity (Wildman–Crippen MR) is 81.4 cm³/mol. The van der Waals surface area contributed by atoms with Gasteiger partial charge in [-0.15, -0.1) is 0 Å². The molecule has 1 nitrogen and oxygen atoms in total. The van der Waals surface area contributed by atoms with Crippen LogP contribution in [0.1, 0.15) is 6.92 Å². The number of nitrogens with one attached hydrogen (secondary N) is 1. The van der Waals surface area contributed by atoms with E-state index in [0.29, 0.717) is 0 Å². The SMILES string of the molecule is C=CC(=C)C(/C=C\C)=C(\C=C)Nc1ccccc1. The highest BCUT2D eigenvalue weighted by atomic mass is 14.9. The van der Waals surface area contributed by atoms with Crippen molar-refractivity contribution in [3.8, 4) is 0 Å². The molecule has 1 heteroatoms. The third-order valence-electron chi connectivity index (χ3n) is 2.47. The molecular weight excluding hydrogens is 218 g/mol. The molecule has 0 amide bonds. The fraction of sp³-hybridized carbons (Fsp3) is 0.0588. The second-order valence-electron chi connectivity index (χ2n) is 3.75. The van der Waals surface area contributed by atoms with Gasteiger partial charge in [0.2, 0.25) is 0 Å². The minimum absolute atomic E-state index is 0.867. The van der Waals surface area contributed by atoms with E-state index in [1.165, 1.54) is 0 Å². The maximum Gasteiger partial charge on any atom is 0.0457 e. The van der Waals surface area contributed by atoms with Crippen LogP contribution in [0.3, 0.4) is 0 Å². The number of rotatable bonds is 6. The number of anilines is 1. The molecule has 92 valence electrons. The molecule has 0 saturated carbocycles. The molecule has 0 aliphatic carbocycles. The van der Waals surface area contributed by atoms with E-state index < -0.39 is 0 Å². The molecule has 0 aliphatic rings. The van der Waals surface area contributed by atoms with Gasteiger partial charge >= 0.3 is 0 Å². The molecule has 0 heterocycles. The van der Waals surface area contributed by atoms with Gasteiger partial charge in [0, 0.05) is 17.0 Å². The van der Waals surface area contributed by atoms with Crippen molar-refractivity contribution in [3.63, 3.8) is 0 Å². The van der Waals surface area contributed by atoms with Crippen LogP contribution in [0.5, 0.6) is 0 Å². The number of hydrogen-bond acceptors (Lipinski definition) is 1. The monoisotopic (exact) mass is 237 g/mol. The normalized spacial score (nSPS) is 11.8. The Morgan fingerprint density at radius 2 is 1.78 bits per heavy atom. The van der Waals surface area contributed by atoms with Gasteiger partial charge in [-0.25, -0.2) is 0 Å². The van der Waals surface area contributed by atoms with E-state index in [1.807, 2.05) is 49.4 Å². The first-order valence-corrected chi connectivity index (χ1v) is 5.86. The molecule has 0 unspecified atom stereocenters. The van der Waals surface area contributed by atoms with Crippen LogP contribution in [0.2, 0.25) is 0 Å². The highest BCUT2D eigenvalue weighted by molar-refractivity contribution is 5.58. The van der Waals surface area contributed by atoms with Crippen molar-refractivity contribution in [1.29, 1.82) is 0 Å². The van der Waals surface area contributed by atoms with Crippen LogP contribution in [0, 0.1) is 0 Å². The highest BCUT2D eigenvalue weighted by Gasteiger charge is 2.03. The first-order valence-electron chi connectivity index (χ1n) is 5.86. The first-order chi connectivity index (χ1) is 8.72. The van der Waals surface area contributed by atoms with E-state index in [1.54, 1.807) is 12.2 Å². The Morgan fingerprint density at radius 3 is 2.28 bits per heavy atom. The molecule has 0 bridgehead atoms. The van der Waals surface area contributed by atoms with Crippen LogP contribution in [0.15, 0.2) is 91.2 Å². The second-order valence-corrected chi connectivity index (χ2v) is 3.75. The molecule has 18 heavy (non-hydrogen) atoms. The van der Waals surface area contributed by atoms with E-state index >= 15 is 0 Å². The molecule has 0 fully saturated rings. The van der Waals surface area contributed by atoms with Crippen LogP contribution < -0.4 is 5.32 Å². The smallest absolute Gasteiger partial charge is 0.0457 e. The van der Waals surface area contributed by atoms with Crippen LogP contribution in [-0.4, -0.2) is 0 Å². The lowest BCUT2D eigenvalue weighted by molar-refractivity contribution is 1.39. The molecular formula is C17H19N. The zero-order chi connectivity index (χ0) is 13.4. The minimum Gasteiger partial charge on any atom is -0.355 e. The fourth-order valence-corrected chi connectivity index (χ4v) is 1.55. The molecule has 0 saturated heterocycles. The average molecular weight is 237 g/mol. The van der Waals surface area contributed by atoms with Gasteiger partial charge in [-0.2, -0.15) is 0 Å². The zero-order valence-electron chi connectivity index (χ0n) is 10.8. The number of benzene rings is 1. The number of hydrogen-bond donors (Lipinski definition) is 1. The summed E-state index contributed by atoms with van der Waals surface area (Å²) >= 11 is 0. The topological polar surface area (TPSA) is 12.0 Å². The Morgan fingerprint density at radius 1 is 1.11 bits per heavy atom. The molecule has 1 N–H and O–H groups in total. The van der Waals surface area contributed by atoms with Crippen molar-refractivity contribution in [2.24, 2.45) is 0 Å².